The lowest BCUT2D eigenvalue weighted by molar-refractivity contribution is 0.393. The van der Waals surface area contributed by atoms with Crippen LogP contribution < -0.4 is 4.74 Å². The largest absolute Gasteiger partial charge is 0.481 e. The summed E-state index contributed by atoms with van der Waals surface area (Å²) in [6.45, 7) is 1.62. The van der Waals surface area contributed by atoms with Gasteiger partial charge in [-0.1, -0.05) is 6.07 Å². The van der Waals surface area contributed by atoms with Gasteiger partial charge in [-0.2, -0.15) is 0 Å². The maximum absolute atomic E-state index is 12.0. The first-order valence-corrected chi connectivity index (χ1v) is 6.91. The standard InChI is InChI=1S/C10H14ClNO3S/c1-8(6-7-11)16(13,14)10-5-3-4-9(12-10)15-2/h3-5,8H,6-7H2,1-2H3. The zero-order valence-corrected chi connectivity index (χ0v) is 10.8. The van der Waals surface area contributed by atoms with Gasteiger partial charge in [0.1, 0.15) is 0 Å². The molecule has 6 heteroatoms. The molecule has 1 heterocycles. The highest BCUT2D eigenvalue weighted by molar-refractivity contribution is 7.92. The van der Waals surface area contributed by atoms with Gasteiger partial charge < -0.3 is 4.74 Å². The Balaban J connectivity index is 3.06. The summed E-state index contributed by atoms with van der Waals surface area (Å²) >= 11 is 5.54. The molecule has 0 spiro atoms. The lowest BCUT2D eigenvalue weighted by Gasteiger charge is -2.11. The molecular weight excluding hydrogens is 250 g/mol. The highest BCUT2D eigenvalue weighted by atomic mass is 35.5. The van der Waals surface area contributed by atoms with E-state index in [4.69, 9.17) is 16.3 Å². The molecule has 1 atom stereocenters. The minimum Gasteiger partial charge on any atom is -0.481 e. The normalized spacial score (nSPS) is 13.4. The van der Waals surface area contributed by atoms with E-state index in [-0.39, 0.29) is 5.03 Å². The Morgan fingerprint density at radius 2 is 2.19 bits per heavy atom. The monoisotopic (exact) mass is 263 g/mol. The molecule has 0 saturated carbocycles. The van der Waals surface area contributed by atoms with Gasteiger partial charge in [-0.25, -0.2) is 13.4 Å². The minimum absolute atomic E-state index is 0.0319. The molecule has 0 N–H and O–H groups in total. The Bertz CT molecular complexity index is 447. The minimum atomic E-state index is -3.41. The summed E-state index contributed by atoms with van der Waals surface area (Å²) in [5.74, 6) is 0.601. The number of pyridine rings is 1. The first-order chi connectivity index (χ1) is 7.52. The number of ether oxygens (including phenoxy) is 1. The highest BCUT2D eigenvalue weighted by Gasteiger charge is 2.24. The summed E-state index contributed by atoms with van der Waals surface area (Å²) in [7, 11) is -1.96. The van der Waals surface area contributed by atoms with Crippen molar-refractivity contribution in [3.8, 4) is 5.88 Å². The van der Waals surface area contributed by atoms with Crippen LogP contribution in [0.1, 0.15) is 13.3 Å². The van der Waals surface area contributed by atoms with E-state index in [1.165, 1.54) is 13.2 Å². The van der Waals surface area contributed by atoms with Gasteiger partial charge in [0, 0.05) is 11.9 Å². The highest BCUT2D eigenvalue weighted by Crippen LogP contribution is 2.18. The first-order valence-electron chi connectivity index (χ1n) is 4.83. The zero-order chi connectivity index (χ0) is 12.2. The summed E-state index contributed by atoms with van der Waals surface area (Å²) in [6, 6.07) is 4.67. The molecule has 4 nitrogen and oxygen atoms in total. The topological polar surface area (TPSA) is 56.3 Å². The quantitative estimate of drug-likeness (QED) is 0.761. The Morgan fingerprint density at radius 1 is 1.50 bits per heavy atom. The second-order valence-corrected chi connectivity index (χ2v) is 6.04. The molecule has 0 aliphatic rings. The van der Waals surface area contributed by atoms with Gasteiger partial charge >= 0.3 is 0 Å². The van der Waals surface area contributed by atoms with Gasteiger partial charge in [-0.05, 0) is 19.4 Å². The van der Waals surface area contributed by atoms with Gasteiger partial charge in [-0.3, -0.25) is 0 Å². The number of rotatable bonds is 5. The second kappa shape index (κ2) is 5.50. The van der Waals surface area contributed by atoms with Crippen LogP contribution in [0.5, 0.6) is 5.88 Å². The zero-order valence-electron chi connectivity index (χ0n) is 9.18. The van der Waals surface area contributed by atoms with Crippen LogP contribution in [0.3, 0.4) is 0 Å². The Labute approximate surface area is 101 Å². The predicted octanol–water partition coefficient (Wildman–Crippen LogP) is 1.88. The van der Waals surface area contributed by atoms with Crippen LogP contribution in [0.4, 0.5) is 0 Å². The molecule has 0 fully saturated rings. The predicted molar refractivity (Wildman–Crippen MR) is 62.8 cm³/mol. The number of hydrogen-bond acceptors (Lipinski definition) is 4. The van der Waals surface area contributed by atoms with Crippen LogP contribution in [0.15, 0.2) is 23.2 Å². The fraction of sp³-hybridized carbons (Fsp3) is 0.500. The van der Waals surface area contributed by atoms with Crippen LogP contribution in [0.25, 0.3) is 0 Å². The molecular formula is C10H14ClNO3S. The molecule has 1 aromatic rings. The average molecular weight is 264 g/mol. The molecule has 90 valence electrons. The van der Waals surface area contributed by atoms with Gasteiger partial charge in [0.2, 0.25) is 5.88 Å². The third-order valence-electron chi connectivity index (χ3n) is 2.24. The molecule has 1 rings (SSSR count). The number of alkyl halides is 1. The Morgan fingerprint density at radius 3 is 2.75 bits per heavy atom. The van der Waals surface area contributed by atoms with E-state index in [9.17, 15) is 8.42 Å². The number of methoxy groups -OCH3 is 1. The number of sulfone groups is 1. The van der Waals surface area contributed by atoms with Crippen molar-refractivity contribution in [2.75, 3.05) is 13.0 Å². The van der Waals surface area contributed by atoms with Crippen molar-refractivity contribution in [1.29, 1.82) is 0 Å². The van der Waals surface area contributed by atoms with Gasteiger partial charge in [0.05, 0.1) is 12.4 Å². The van der Waals surface area contributed by atoms with Crippen molar-refractivity contribution in [1.82, 2.24) is 4.98 Å². The fourth-order valence-electron chi connectivity index (χ4n) is 1.18. The molecule has 0 saturated heterocycles. The SMILES string of the molecule is COc1cccc(S(=O)(=O)C(C)CCCl)n1. The van der Waals surface area contributed by atoms with Crippen LogP contribution in [-0.4, -0.2) is 31.6 Å². The lowest BCUT2D eigenvalue weighted by Crippen LogP contribution is -2.19. The molecule has 1 unspecified atom stereocenters. The molecule has 0 aromatic carbocycles. The van der Waals surface area contributed by atoms with Crippen molar-refractivity contribution in [3.05, 3.63) is 18.2 Å². The number of nitrogens with zero attached hydrogens (tertiary/aromatic N) is 1. The van der Waals surface area contributed by atoms with E-state index >= 15 is 0 Å². The number of aromatic nitrogens is 1. The van der Waals surface area contributed by atoms with E-state index in [0.29, 0.717) is 18.2 Å². The van der Waals surface area contributed by atoms with Gasteiger partial charge in [0.15, 0.2) is 14.9 Å². The summed E-state index contributed by atoms with van der Waals surface area (Å²) in [5.41, 5.74) is 0. The maximum atomic E-state index is 12.0. The molecule has 0 aliphatic carbocycles. The van der Waals surface area contributed by atoms with E-state index < -0.39 is 15.1 Å². The van der Waals surface area contributed by atoms with Crippen LogP contribution in [0.2, 0.25) is 0 Å². The van der Waals surface area contributed by atoms with E-state index in [1.54, 1.807) is 19.1 Å². The summed E-state index contributed by atoms with van der Waals surface area (Å²) in [4.78, 5) is 3.91. The van der Waals surface area contributed by atoms with Crippen LogP contribution >= 0.6 is 11.6 Å². The lowest BCUT2D eigenvalue weighted by atomic mass is 10.4. The van der Waals surface area contributed by atoms with Crippen molar-refractivity contribution in [3.63, 3.8) is 0 Å². The van der Waals surface area contributed by atoms with Crippen LogP contribution in [-0.2, 0) is 9.84 Å². The fourth-order valence-corrected chi connectivity index (χ4v) is 2.97. The summed E-state index contributed by atoms with van der Waals surface area (Å²) < 4.78 is 28.9. The molecule has 0 radical (unpaired) electrons. The molecule has 16 heavy (non-hydrogen) atoms. The first kappa shape index (κ1) is 13.3. The van der Waals surface area contributed by atoms with Crippen LogP contribution in [0, 0.1) is 0 Å². The molecule has 0 bridgehead atoms. The van der Waals surface area contributed by atoms with E-state index in [1.807, 2.05) is 0 Å². The van der Waals surface area contributed by atoms with Crippen molar-refractivity contribution >= 4 is 21.4 Å². The Kier molecular flexibility index (Phi) is 4.56. The third kappa shape index (κ3) is 2.86. The van der Waals surface area contributed by atoms with E-state index in [0.717, 1.165) is 0 Å². The molecule has 1 aromatic heterocycles. The summed E-state index contributed by atoms with van der Waals surface area (Å²) in [6.07, 6.45) is 0.406. The molecule has 0 aliphatic heterocycles. The van der Waals surface area contributed by atoms with Crippen molar-refractivity contribution < 1.29 is 13.2 Å². The second-order valence-electron chi connectivity index (χ2n) is 3.35. The smallest absolute Gasteiger partial charge is 0.214 e. The molecule has 0 amide bonds. The maximum Gasteiger partial charge on any atom is 0.214 e. The van der Waals surface area contributed by atoms with Gasteiger partial charge in [-0.15, -0.1) is 11.6 Å². The van der Waals surface area contributed by atoms with Crippen molar-refractivity contribution in [2.45, 2.75) is 23.6 Å². The Hall–Kier alpha value is -0.810. The van der Waals surface area contributed by atoms with E-state index in [2.05, 4.69) is 4.98 Å². The summed E-state index contributed by atoms with van der Waals surface area (Å²) in [5, 5.41) is -0.505. The number of hydrogen-bond donors (Lipinski definition) is 0. The van der Waals surface area contributed by atoms with Crippen molar-refractivity contribution in [2.24, 2.45) is 0 Å². The third-order valence-corrected chi connectivity index (χ3v) is 4.57. The number of halogens is 1. The van der Waals surface area contributed by atoms with Gasteiger partial charge in [0.25, 0.3) is 0 Å². The average Bonchev–Trinajstić information content (AvgIpc) is 2.29.